The number of amides is 1. The average molecular weight is 226 g/mol. The van der Waals surface area contributed by atoms with E-state index in [-0.39, 0.29) is 12.2 Å². The first-order chi connectivity index (χ1) is 7.47. The predicted molar refractivity (Wildman–Crippen MR) is 67.1 cm³/mol. The van der Waals surface area contributed by atoms with Crippen LogP contribution in [-0.2, 0) is 4.79 Å². The van der Waals surface area contributed by atoms with Crippen LogP contribution in [0.3, 0.4) is 0 Å². The van der Waals surface area contributed by atoms with Crippen LogP contribution in [0, 0.1) is 5.92 Å². The second-order valence-electron chi connectivity index (χ2n) is 5.41. The van der Waals surface area contributed by atoms with Crippen molar-refractivity contribution in [3.8, 4) is 0 Å². The van der Waals surface area contributed by atoms with E-state index in [0.29, 0.717) is 17.9 Å². The molecular formula is C13H26N2O. The highest BCUT2D eigenvalue weighted by atomic mass is 16.2. The average Bonchev–Trinajstić information content (AvgIpc) is 2.41. The Balaban J connectivity index is 2.62. The molecule has 16 heavy (non-hydrogen) atoms. The Hall–Kier alpha value is -0.570. The summed E-state index contributed by atoms with van der Waals surface area (Å²) in [6.07, 6.45) is 3.28. The minimum absolute atomic E-state index is 0.0506. The van der Waals surface area contributed by atoms with Gasteiger partial charge in [-0.2, -0.15) is 0 Å². The van der Waals surface area contributed by atoms with E-state index >= 15 is 0 Å². The van der Waals surface area contributed by atoms with Gasteiger partial charge in [-0.25, -0.2) is 0 Å². The van der Waals surface area contributed by atoms with E-state index in [4.69, 9.17) is 0 Å². The molecule has 1 heterocycles. The van der Waals surface area contributed by atoms with Crippen LogP contribution in [0.2, 0.25) is 0 Å². The zero-order chi connectivity index (χ0) is 12.3. The van der Waals surface area contributed by atoms with Crippen molar-refractivity contribution < 1.29 is 4.79 Å². The van der Waals surface area contributed by atoms with E-state index in [1.165, 1.54) is 0 Å². The van der Waals surface area contributed by atoms with E-state index in [1.54, 1.807) is 0 Å². The zero-order valence-electron chi connectivity index (χ0n) is 11.3. The molecule has 0 aromatic heterocycles. The van der Waals surface area contributed by atoms with Crippen LogP contribution in [0.1, 0.15) is 53.9 Å². The Bertz CT molecular complexity index is 240. The van der Waals surface area contributed by atoms with Gasteiger partial charge in [-0.05, 0) is 32.6 Å². The van der Waals surface area contributed by atoms with Crippen LogP contribution in [0.4, 0.5) is 0 Å². The molecule has 0 aromatic rings. The number of carbonyl (C=O) groups excluding carboxylic acids is 1. The van der Waals surface area contributed by atoms with Gasteiger partial charge in [0.2, 0.25) is 5.91 Å². The van der Waals surface area contributed by atoms with Gasteiger partial charge in [-0.3, -0.25) is 10.1 Å². The minimum Gasteiger partial charge on any atom is -0.323 e. The Morgan fingerprint density at radius 2 is 2.00 bits per heavy atom. The number of nitrogens with one attached hydrogen (secondary N) is 1. The summed E-state index contributed by atoms with van der Waals surface area (Å²) in [7, 11) is 0. The number of hydrogen-bond donors (Lipinski definition) is 1. The summed E-state index contributed by atoms with van der Waals surface area (Å²) >= 11 is 0. The van der Waals surface area contributed by atoms with Gasteiger partial charge < -0.3 is 4.90 Å². The fourth-order valence-electron chi connectivity index (χ4n) is 2.70. The van der Waals surface area contributed by atoms with Crippen LogP contribution in [0.15, 0.2) is 0 Å². The third-order valence-electron chi connectivity index (χ3n) is 3.28. The molecule has 3 unspecified atom stereocenters. The maximum Gasteiger partial charge on any atom is 0.241 e. The molecule has 0 spiro atoms. The monoisotopic (exact) mass is 226 g/mol. The van der Waals surface area contributed by atoms with Crippen molar-refractivity contribution >= 4 is 5.91 Å². The van der Waals surface area contributed by atoms with Gasteiger partial charge in [0.1, 0.15) is 0 Å². The molecular weight excluding hydrogens is 200 g/mol. The molecule has 3 heteroatoms. The first kappa shape index (κ1) is 13.5. The molecule has 1 rings (SSSR count). The highest BCUT2D eigenvalue weighted by Gasteiger charge is 2.38. The summed E-state index contributed by atoms with van der Waals surface area (Å²) in [4.78, 5) is 14.2. The largest absolute Gasteiger partial charge is 0.323 e. The summed E-state index contributed by atoms with van der Waals surface area (Å²) in [5.41, 5.74) is 0. The van der Waals surface area contributed by atoms with Gasteiger partial charge in [0.25, 0.3) is 0 Å². The first-order valence-corrected chi connectivity index (χ1v) is 6.55. The van der Waals surface area contributed by atoms with Gasteiger partial charge in [-0.15, -0.1) is 0 Å². The molecule has 0 bridgehead atoms. The molecule has 1 aliphatic rings. The molecule has 1 amide bonds. The van der Waals surface area contributed by atoms with Crippen molar-refractivity contribution in [2.75, 3.05) is 0 Å². The lowest BCUT2D eigenvalue weighted by Crippen LogP contribution is -2.42. The number of carbonyl (C=O) groups is 1. The molecule has 94 valence electrons. The van der Waals surface area contributed by atoms with Gasteiger partial charge in [0, 0.05) is 6.04 Å². The number of hydrogen-bond acceptors (Lipinski definition) is 2. The van der Waals surface area contributed by atoms with Gasteiger partial charge in [0.15, 0.2) is 0 Å². The third-order valence-corrected chi connectivity index (χ3v) is 3.28. The molecule has 1 saturated heterocycles. The van der Waals surface area contributed by atoms with E-state index in [1.807, 2.05) is 4.90 Å². The molecule has 0 aromatic carbocycles. The highest BCUT2D eigenvalue weighted by Crippen LogP contribution is 2.21. The summed E-state index contributed by atoms with van der Waals surface area (Å²) in [6.45, 7) is 10.8. The summed E-state index contributed by atoms with van der Waals surface area (Å²) in [6, 6.07) is 0.395. The van der Waals surface area contributed by atoms with Gasteiger partial charge in [-0.1, -0.05) is 27.2 Å². The number of nitrogens with zero attached hydrogens (tertiary/aromatic N) is 1. The van der Waals surface area contributed by atoms with Crippen LogP contribution in [-0.4, -0.2) is 29.1 Å². The van der Waals surface area contributed by atoms with E-state index in [0.717, 1.165) is 19.3 Å². The van der Waals surface area contributed by atoms with E-state index < -0.39 is 0 Å². The molecule has 0 radical (unpaired) electrons. The highest BCUT2D eigenvalue weighted by molar-refractivity contribution is 5.84. The molecule has 1 fully saturated rings. The van der Waals surface area contributed by atoms with Crippen LogP contribution < -0.4 is 5.32 Å². The summed E-state index contributed by atoms with van der Waals surface area (Å²) < 4.78 is 0. The van der Waals surface area contributed by atoms with Crippen molar-refractivity contribution in [1.82, 2.24) is 10.2 Å². The maximum absolute atomic E-state index is 12.2. The third kappa shape index (κ3) is 2.97. The normalized spacial score (nSPS) is 27.9. The lowest BCUT2D eigenvalue weighted by molar-refractivity contribution is -0.132. The Morgan fingerprint density at radius 1 is 1.38 bits per heavy atom. The maximum atomic E-state index is 12.2. The van der Waals surface area contributed by atoms with Crippen LogP contribution >= 0.6 is 0 Å². The quantitative estimate of drug-likeness (QED) is 0.780. The zero-order valence-corrected chi connectivity index (χ0v) is 11.3. The predicted octanol–water partition coefficient (Wildman–Crippen LogP) is 2.37. The lowest BCUT2D eigenvalue weighted by atomic mass is 10.0. The molecule has 1 aliphatic heterocycles. The lowest BCUT2D eigenvalue weighted by Gasteiger charge is -2.29. The van der Waals surface area contributed by atoms with Crippen molar-refractivity contribution in [3.05, 3.63) is 0 Å². The Labute approximate surface area is 99.6 Å². The Morgan fingerprint density at radius 3 is 2.50 bits per heavy atom. The SMILES string of the molecule is CCCC1NC(C)N(C(C)CC(C)C)C1=O. The fraction of sp³-hybridized carbons (Fsp3) is 0.923. The molecule has 3 atom stereocenters. The van der Waals surface area contributed by atoms with Gasteiger partial charge in [0.05, 0.1) is 12.2 Å². The molecule has 0 aliphatic carbocycles. The smallest absolute Gasteiger partial charge is 0.241 e. The van der Waals surface area contributed by atoms with Crippen molar-refractivity contribution in [1.29, 1.82) is 0 Å². The van der Waals surface area contributed by atoms with E-state index in [2.05, 4.69) is 39.9 Å². The molecule has 0 saturated carbocycles. The van der Waals surface area contributed by atoms with Crippen LogP contribution in [0.25, 0.3) is 0 Å². The van der Waals surface area contributed by atoms with E-state index in [9.17, 15) is 4.79 Å². The minimum atomic E-state index is 0.0506. The van der Waals surface area contributed by atoms with Gasteiger partial charge >= 0.3 is 0 Å². The number of rotatable bonds is 5. The standard InChI is InChI=1S/C13H26N2O/c1-6-7-12-13(16)15(11(5)14-12)10(4)8-9(2)3/h9-12,14H,6-8H2,1-5H3. The second-order valence-corrected chi connectivity index (χ2v) is 5.41. The summed E-state index contributed by atoms with van der Waals surface area (Å²) in [5.74, 6) is 0.933. The molecule has 3 nitrogen and oxygen atoms in total. The van der Waals surface area contributed by atoms with Crippen molar-refractivity contribution in [2.45, 2.75) is 72.1 Å². The summed E-state index contributed by atoms with van der Waals surface area (Å²) in [5, 5.41) is 3.39. The van der Waals surface area contributed by atoms with Crippen molar-refractivity contribution in [3.63, 3.8) is 0 Å². The second kappa shape index (κ2) is 5.67. The van der Waals surface area contributed by atoms with Crippen LogP contribution in [0.5, 0.6) is 0 Å². The topological polar surface area (TPSA) is 32.3 Å². The first-order valence-electron chi connectivity index (χ1n) is 6.55. The molecule has 1 N–H and O–H groups in total. The Kier molecular flexibility index (Phi) is 4.78. The van der Waals surface area contributed by atoms with Crippen molar-refractivity contribution in [2.24, 2.45) is 5.92 Å². The fourth-order valence-corrected chi connectivity index (χ4v) is 2.70.